The van der Waals surface area contributed by atoms with Crippen LogP contribution in [0.15, 0.2) is 48.5 Å². The molecule has 136 valence electrons. The van der Waals surface area contributed by atoms with Gasteiger partial charge in [-0.05, 0) is 48.1 Å². The number of nitriles is 1. The van der Waals surface area contributed by atoms with Gasteiger partial charge in [-0.25, -0.2) is 4.39 Å². The van der Waals surface area contributed by atoms with Gasteiger partial charge in [0.15, 0.2) is 5.11 Å². The Kier molecular flexibility index (Phi) is 6.52. The van der Waals surface area contributed by atoms with Gasteiger partial charge >= 0.3 is 6.18 Å². The smallest absolute Gasteiger partial charge is 0.358 e. The number of hydrogen-bond donors (Lipinski definition) is 1. The number of nitrogens with zero attached hydrogens (tertiary/aromatic N) is 2. The van der Waals surface area contributed by atoms with Crippen LogP contribution in [0, 0.1) is 17.1 Å². The highest BCUT2D eigenvalue weighted by molar-refractivity contribution is 7.80. The lowest BCUT2D eigenvalue weighted by molar-refractivity contribution is -0.137. The van der Waals surface area contributed by atoms with Gasteiger partial charge in [0.2, 0.25) is 0 Å². The van der Waals surface area contributed by atoms with Crippen molar-refractivity contribution in [2.24, 2.45) is 0 Å². The van der Waals surface area contributed by atoms with Crippen LogP contribution in [-0.4, -0.2) is 11.7 Å². The highest BCUT2D eigenvalue weighted by atomic mass is 32.1. The molecule has 0 heterocycles. The molecule has 0 aliphatic rings. The Balaban J connectivity index is 2.17. The monoisotopic (exact) mass is 381 g/mol. The van der Waals surface area contributed by atoms with Gasteiger partial charge in [-0.2, -0.15) is 18.4 Å². The first kappa shape index (κ1) is 19.7. The largest absolute Gasteiger partial charge is 0.416 e. The molecule has 0 radical (unpaired) electrons. The van der Waals surface area contributed by atoms with Gasteiger partial charge in [-0.1, -0.05) is 18.2 Å². The zero-order valence-electron chi connectivity index (χ0n) is 13.6. The molecule has 1 N–H and O–H groups in total. The van der Waals surface area contributed by atoms with Gasteiger partial charge in [-0.3, -0.25) is 0 Å². The summed E-state index contributed by atoms with van der Waals surface area (Å²) in [4.78, 5) is 1.44. The molecule has 0 bridgehead atoms. The fourth-order valence-electron chi connectivity index (χ4n) is 2.24. The van der Waals surface area contributed by atoms with Crippen molar-refractivity contribution in [2.75, 3.05) is 11.4 Å². The van der Waals surface area contributed by atoms with Gasteiger partial charge in [0, 0.05) is 18.8 Å². The molecular formula is C18H15F4N3S. The van der Waals surface area contributed by atoms with Gasteiger partial charge in [0.1, 0.15) is 5.82 Å². The minimum atomic E-state index is -4.47. The predicted molar refractivity (Wildman–Crippen MR) is 94.9 cm³/mol. The molecular weight excluding hydrogens is 366 g/mol. The van der Waals surface area contributed by atoms with E-state index in [1.807, 2.05) is 6.07 Å². The van der Waals surface area contributed by atoms with Crippen molar-refractivity contribution >= 4 is 23.0 Å². The first-order valence-corrected chi connectivity index (χ1v) is 8.06. The second-order valence-corrected chi connectivity index (χ2v) is 5.78. The van der Waals surface area contributed by atoms with Crippen LogP contribution >= 0.6 is 12.2 Å². The number of anilines is 1. The van der Waals surface area contributed by atoms with Crippen LogP contribution in [0.25, 0.3) is 0 Å². The van der Waals surface area contributed by atoms with Crippen LogP contribution in [0.4, 0.5) is 23.2 Å². The normalized spacial score (nSPS) is 10.9. The van der Waals surface area contributed by atoms with Crippen LogP contribution in [0.1, 0.15) is 17.5 Å². The third-order valence-electron chi connectivity index (χ3n) is 3.53. The summed E-state index contributed by atoms with van der Waals surface area (Å²) in [5.74, 6) is -0.365. The molecule has 0 atom stereocenters. The number of rotatable bonds is 5. The third kappa shape index (κ3) is 5.43. The molecule has 2 rings (SSSR count). The number of halogens is 4. The molecule has 3 nitrogen and oxygen atoms in total. The Labute approximate surface area is 153 Å². The zero-order chi connectivity index (χ0) is 19.2. The van der Waals surface area contributed by atoms with E-state index in [2.05, 4.69) is 5.32 Å². The van der Waals surface area contributed by atoms with Crippen LogP contribution < -0.4 is 10.2 Å². The predicted octanol–water partition coefficient (Wildman–Crippen LogP) is 4.64. The molecule has 2 aromatic carbocycles. The molecule has 0 aliphatic carbocycles. The SMILES string of the molecule is N#CCCN(C(=S)NCc1ccc(F)cc1)c1cccc(C(F)(F)F)c1. The molecule has 0 amide bonds. The van der Waals surface area contributed by atoms with Crippen molar-refractivity contribution in [3.05, 3.63) is 65.5 Å². The van der Waals surface area contributed by atoms with Crippen LogP contribution in [0.3, 0.4) is 0 Å². The Bertz CT molecular complexity index is 797. The molecule has 0 fully saturated rings. The Morgan fingerprint density at radius 3 is 2.46 bits per heavy atom. The van der Waals surface area contributed by atoms with Crippen molar-refractivity contribution in [3.8, 4) is 6.07 Å². The highest BCUT2D eigenvalue weighted by Crippen LogP contribution is 2.31. The Hall–Kier alpha value is -2.66. The maximum absolute atomic E-state index is 12.9. The van der Waals surface area contributed by atoms with Crippen molar-refractivity contribution in [1.82, 2.24) is 5.32 Å². The maximum atomic E-state index is 12.9. The minimum Gasteiger partial charge on any atom is -0.358 e. The summed E-state index contributed by atoms with van der Waals surface area (Å²) in [5.41, 5.74) is 0.211. The second-order valence-electron chi connectivity index (χ2n) is 5.39. The zero-order valence-corrected chi connectivity index (χ0v) is 14.4. The van der Waals surface area contributed by atoms with E-state index in [4.69, 9.17) is 17.5 Å². The first-order valence-electron chi connectivity index (χ1n) is 7.65. The van der Waals surface area contributed by atoms with Crippen molar-refractivity contribution < 1.29 is 17.6 Å². The van der Waals surface area contributed by atoms with Crippen molar-refractivity contribution in [3.63, 3.8) is 0 Å². The molecule has 0 aliphatic heterocycles. The molecule has 0 saturated carbocycles. The fraction of sp³-hybridized carbons (Fsp3) is 0.222. The lowest BCUT2D eigenvalue weighted by Gasteiger charge is -2.26. The minimum absolute atomic E-state index is 0.0919. The maximum Gasteiger partial charge on any atom is 0.416 e. The number of alkyl halides is 3. The summed E-state index contributed by atoms with van der Waals surface area (Å²) >= 11 is 5.28. The molecule has 8 heteroatoms. The Morgan fingerprint density at radius 1 is 1.15 bits per heavy atom. The number of nitrogens with one attached hydrogen (secondary N) is 1. The molecule has 0 spiro atoms. The van der Waals surface area contributed by atoms with Gasteiger partial charge in [0.05, 0.1) is 18.1 Å². The molecule has 2 aromatic rings. The fourth-order valence-corrected chi connectivity index (χ4v) is 2.50. The first-order chi connectivity index (χ1) is 12.3. The van der Waals surface area contributed by atoms with Crippen LogP contribution in [-0.2, 0) is 12.7 Å². The van der Waals surface area contributed by atoms with E-state index >= 15 is 0 Å². The molecule has 26 heavy (non-hydrogen) atoms. The molecule has 0 unspecified atom stereocenters. The molecule has 0 aromatic heterocycles. The topological polar surface area (TPSA) is 39.1 Å². The van der Waals surface area contributed by atoms with Gasteiger partial charge < -0.3 is 10.2 Å². The van der Waals surface area contributed by atoms with Crippen LogP contribution in [0.2, 0.25) is 0 Å². The lowest BCUT2D eigenvalue weighted by Crippen LogP contribution is -2.40. The summed E-state index contributed by atoms with van der Waals surface area (Å²) < 4.78 is 51.7. The van der Waals surface area contributed by atoms with E-state index in [1.165, 1.54) is 29.2 Å². The summed E-state index contributed by atoms with van der Waals surface area (Å²) in [6.07, 6.45) is -4.38. The summed E-state index contributed by atoms with van der Waals surface area (Å²) in [5, 5.41) is 11.9. The van der Waals surface area contributed by atoms with Gasteiger partial charge in [0.25, 0.3) is 0 Å². The average molecular weight is 381 g/mol. The van der Waals surface area contributed by atoms with Crippen molar-refractivity contribution in [1.29, 1.82) is 5.26 Å². The highest BCUT2D eigenvalue weighted by Gasteiger charge is 2.31. The van der Waals surface area contributed by atoms with Gasteiger partial charge in [-0.15, -0.1) is 0 Å². The standard InChI is InChI=1S/C18H15F4N3S/c19-15-7-5-13(6-8-15)12-24-17(26)25(10-2-9-23)16-4-1-3-14(11-16)18(20,21)22/h1,3-8,11H,2,10,12H2,(H,24,26). The van der Waals surface area contributed by atoms with Crippen molar-refractivity contribution in [2.45, 2.75) is 19.1 Å². The van der Waals surface area contributed by atoms with E-state index in [0.29, 0.717) is 0 Å². The van der Waals surface area contributed by atoms with E-state index < -0.39 is 11.7 Å². The summed E-state index contributed by atoms with van der Waals surface area (Å²) in [7, 11) is 0. The van der Waals surface area contributed by atoms with Crippen LogP contribution in [0.5, 0.6) is 0 Å². The second kappa shape index (κ2) is 8.63. The quantitative estimate of drug-likeness (QED) is 0.605. The number of benzene rings is 2. The lowest BCUT2D eigenvalue weighted by atomic mass is 10.2. The van der Waals surface area contributed by atoms with E-state index in [-0.39, 0.29) is 36.1 Å². The van der Waals surface area contributed by atoms with E-state index in [9.17, 15) is 17.6 Å². The summed E-state index contributed by atoms with van der Waals surface area (Å²) in [6, 6.07) is 12.5. The average Bonchev–Trinajstić information content (AvgIpc) is 2.61. The third-order valence-corrected chi connectivity index (χ3v) is 3.90. The van der Waals surface area contributed by atoms with E-state index in [0.717, 1.165) is 17.7 Å². The number of thiocarbonyl (C=S) groups is 1. The number of hydrogen-bond acceptors (Lipinski definition) is 2. The Morgan fingerprint density at radius 2 is 1.85 bits per heavy atom. The van der Waals surface area contributed by atoms with E-state index in [1.54, 1.807) is 12.1 Å². The summed E-state index contributed by atoms with van der Waals surface area (Å²) in [6.45, 7) is 0.425. The molecule has 0 saturated heterocycles.